The lowest BCUT2D eigenvalue weighted by Gasteiger charge is -2.18. The van der Waals surface area contributed by atoms with E-state index in [0.29, 0.717) is 19.3 Å². The zero-order valence-corrected chi connectivity index (χ0v) is 50.0. The molecule has 79 heavy (non-hydrogen) atoms. The summed E-state index contributed by atoms with van der Waals surface area (Å²) in [6.45, 7) is 6.26. The summed E-state index contributed by atoms with van der Waals surface area (Å²) >= 11 is 0. The van der Waals surface area contributed by atoms with Gasteiger partial charge in [0, 0.05) is 19.3 Å². The number of carbonyl (C=O) groups excluding carboxylic acids is 3. The third-order valence-corrected chi connectivity index (χ3v) is 12.1. The normalized spacial score (nSPS) is 13.5. The van der Waals surface area contributed by atoms with Crippen LogP contribution in [-0.4, -0.2) is 37.2 Å². The highest BCUT2D eigenvalue weighted by molar-refractivity contribution is 5.71. The number of unbranched alkanes of at least 4 members (excludes halogenated alkanes) is 10. The van der Waals surface area contributed by atoms with Crippen molar-refractivity contribution in [2.45, 2.75) is 232 Å². The second-order valence-electron chi connectivity index (χ2n) is 19.5. The fraction of sp³-hybridized carbons (Fsp3) is 0.521. The molecule has 1 unspecified atom stereocenters. The van der Waals surface area contributed by atoms with Crippen LogP contribution in [0.2, 0.25) is 0 Å². The van der Waals surface area contributed by atoms with E-state index in [4.69, 9.17) is 14.2 Å². The Bertz CT molecular complexity index is 1920. The molecule has 0 heterocycles. The maximum atomic E-state index is 12.8. The molecule has 438 valence electrons. The van der Waals surface area contributed by atoms with E-state index in [1.165, 1.54) is 25.7 Å². The molecule has 0 radical (unpaired) electrons. The fourth-order valence-corrected chi connectivity index (χ4v) is 7.54. The van der Waals surface area contributed by atoms with Gasteiger partial charge in [-0.3, -0.25) is 14.4 Å². The van der Waals surface area contributed by atoms with E-state index in [2.05, 4.69) is 215 Å². The second kappa shape index (κ2) is 64.8. The van der Waals surface area contributed by atoms with Gasteiger partial charge < -0.3 is 14.2 Å². The second-order valence-corrected chi connectivity index (χ2v) is 19.5. The molecule has 0 amide bonds. The molecule has 0 aromatic heterocycles. The molecule has 6 nitrogen and oxygen atoms in total. The van der Waals surface area contributed by atoms with Crippen LogP contribution in [0, 0.1) is 0 Å². The number of rotatable bonds is 53. The van der Waals surface area contributed by atoms with Gasteiger partial charge in [0.25, 0.3) is 0 Å². The zero-order valence-electron chi connectivity index (χ0n) is 50.0. The van der Waals surface area contributed by atoms with Gasteiger partial charge in [-0.25, -0.2) is 0 Å². The summed E-state index contributed by atoms with van der Waals surface area (Å²) < 4.78 is 16.7. The molecule has 0 aromatic carbocycles. The highest BCUT2D eigenvalue weighted by Gasteiger charge is 2.19. The van der Waals surface area contributed by atoms with E-state index in [1.807, 2.05) is 0 Å². The van der Waals surface area contributed by atoms with Crippen LogP contribution in [0.4, 0.5) is 0 Å². The van der Waals surface area contributed by atoms with E-state index >= 15 is 0 Å². The minimum atomic E-state index is -0.832. The topological polar surface area (TPSA) is 78.9 Å². The molecule has 0 spiro atoms. The van der Waals surface area contributed by atoms with Gasteiger partial charge in [-0.1, -0.05) is 260 Å². The average Bonchev–Trinajstić information content (AvgIpc) is 3.45. The van der Waals surface area contributed by atoms with Crippen molar-refractivity contribution in [2.75, 3.05) is 13.2 Å². The lowest BCUT2D eigenvalue weighted by molar-refractivity contribution is -0.167. The van der Waals surface area contributed by atoms with Gasteiger partial charge in [0.1, 0.15) is 13.2 Å². The molecular weight excluding hydrogens is 973 g/mol. The quantitative estimate of drug-likeness (QED) is 0.0261. The Morgan fingerprint density at radius 3 is 0.810 bits per heavy atom. The van der Waals surface area contributed by atoms with Crippen molar-refractivity contribution in [2.24, 2.45) is 0 Å². The van der Waals surface area contributed by atoms with Gasteiger partial charge >= 0.3 is 17.9 Å². The predicted octanol–water partition coefficient (Wildman–Crippen LogP) is 21.4. The van der Waals surface area contributed by atoms with Crippen LogP contribution in [-0.2, 0) is 28.6 Å². The Morgan fingerprint density at radius 1 is 0.266 bits per heavy atom. The van der Waals surface area contributed by atoms with Crippen molar-refractivity contribution in [3.63, 3.8) is 0 Å². The van der Waals surface area contributed by atoms with Crippen LogP contribution >= 0.6 is 0 Å². The van der Waals surface area contributed by atoms with Crippen molar-refractivity contribution in [1.82, 2.24) is 0 Å². The number of hydrogen-bond donors (Lipinski definition) is 0. The molecule has 1 atom stereocenters. The summed E-state index contributed by atoms with van der Waals surface area (Å²) in [5.41, 5.74) is 0. The average molecular weight is 1080 g/mol. The number of ether oxygens (including phenoxy) is 3. The molecule has 0 saturated heterocycles. The number of esters is 3. The van der Waals surface area contributed by atoms with E-state index in [1.54, 1.807) is 0 Å². The molecule has 0 aliphatic carbocycles. The molecule has 0 N–H and O–H groups in total. The molecule has 6 heteroatoms. The minimum absolute atomic E-state index is 0.122. The maximum Gasteiger partial charge on any atom is 0.306 e. The highest BCUT2D eigenvalue weighted by Crippen LogP contribution is 2.12. The van der Waals surface area contributed by atoms with Crippen LogP contribution in [0.25, 0.3) is 0 Å². The maximum absolute atomic E-state index is 12.8. The lowest BCUT2D eigenvalue weighted by Crippen LogP contribution is -2.30. The first-order valence-electron chi connectivity index (χ1n) is 30.9. The summed E-state index contributed by atoms with van der Waals surface area (Å²) in [5.74, 6) is -1.04. The molecule has 0 saturated carbocycles. The molecule has 0 aromatic rings. The SMILES string of the molecule is CC/C=C\C/C=C\C/C=C\C/C=C\C/C=C\C/C=C\C/C=C\C/C=C\C/C=C\CCCCCC(=O)OCC(COC(=O)CCCCCCCCC)OC(=O)CCC/C=C\C/C=C\C/C=C\C/C=C\C/C=C\C/C=C\C/C=C\CC. The van der Waals surface area contributed by atoms with Gasteiger partial charge in [0.15, 0.2) is 6.10 Å². The number of hydrogen-bond acceptors (Lipinski definition) is 6. The largest absolute Gasteiger partial charge is 0.462 e. The van der Waals surface area contributed by atoms with Crippen LogP contribution in [0.5, 0.6) is 0 Å². The van der Waals surface area contributed by atoms with Crippen molar-refractivity contribution in [3.8, 4) is 0 Å². The van der Waals surface area contributed by atoms with Crippen LogP contribution < -0.4 is 0 Å². The van der Waals surface area contributed by atoms with Gasteiger partial charge in [-0.05, 0) is 141 Å². The summed E-state index contributed by atoms with van der Waals surface area (Å²) in [4.78, 5) is 38.0. The van der Waals surface area contributed by atoms with E-state index in [9.17, 15) is 14.4 Å². The molecule has 0 bridgehead atoms. The van der Waals surface area contributed by atoms with Crippen LogP contribution in [0.15, 0.2) is 194 Å². The van der Waals surface area contributed by atoms with Gasteiger partial charge in [0.05, 0.1) is 0 Å². The van der Waals surface area contributed by atoms with Crippen LogP contribution in [0.1, 0.15) is 226 Å². The standard InChI is InChI=1S/C73H110O6/c1-4-7-10-13-16-18-20-22-24-26-28-30-32-33-34-35-36-37-38-39-41-42-44-46-48-50-52-54-57-60-63-66-72(75)78-69-70(68-77-71(74)65-62-59-56-15-12-9-6-3)79-73(76)67-64-61-58-55-53-51-49-47-45-43-40-31-29-27-25-23-21-19-17-14-11-8-5-2/h7-8,10-11,16-19,22-25,28-31,33-34,36-37,39,41,43-46,49-52,55,58,70H,4-6,9,12-15,20-21,26-27,32,35,38,40,42,47-48,53-54,56-57,59-69H2,1-3H3/b10-7-,11-8-,18-16-,19-17-,24-22-,25-23-,30-28-,31-29-,34-33-,37-36-,41-39-,45-43-,46-44-,51-49-,52-50-,58-55-. The van der Waals surface area contributed by atoms with Crippen molar-refractivity contribution in [3.05, 3.63) is 194 Å². The van der Waals surface area contributed by atoms with Crippen LogP contribution in [0.3, 0.4) is 0 Å². The molecule has 0 aliphatic rings. The number of carbonyl (C=O) groups is 3. The zero-order chi connectivity index (χ0) is 57.1. The Kier molecular flexibility index (Phi) is 60.1. The highest BCUT2D eigenvalue weighted by atomic mass is 16.6. The molecule has 0 aliphatic heterocycles. The molecule has 0 fully saturated rings. The molecule has 0 rings (SSSR count). The first-order valence-corrected chi connectivity index (χ1v) is 30.9. The van der Waals surface area contributed by atoms with Gasteiger partial charge in [-0.2, -0.15) is 0 Å². The minimum Gasteiger partial charge on any atom is -0.462 e. The van der Waals surface area contributed by atoms with Crippen molar-refractivity contribution >= 4 is 17.9 Å². The summed E-state index contributed by atoms with van der Waals surface area (Å²) in [6.07, 6.45) is 98.9. The fourth-order valence-electron chi connectivity index (χ4n) is 7.54. The Labute approximate surface area is 484 Å². The Hall–Kier alpha value is -5.75. The summed E-state index contributed by atoms with van der Waals surface area (Å²) in [5, 5.41) is 0. The lowest BCUT2D eigenvalue weighted by atomic mass is 10.1. The summed E-state index contributed by atoms with van der Waals surface area (Å²) in [7, 11) is 0. The Balaban J connectivity index is 4.38. The van der Waals surface area contributed by atoms with E-state index in [0.717, 1.165) is 154 Å². The van der Waals surface area contributed by atoms with Gasteiger partial charge in [-0.15, -0.1) is 0 Å². The third kappa shape index (κ3) is 63.0. The summed E-state index contributed by atoms with van der Waals surface area (Å²) in [6, 6.07) is 0. The van der Waals surface area contributed by atoms with Gasteiger partial charge in [0.2, 0.25) is 0 Å². The molecular formula is C73H110O6. The first-order chi connectivity index (χ1) is 39.0. The van der Waals surface area contributed by atoms with E-state index in [-0.39, 0.29) is 37.5 Å². The van der Waals surface area contributed by atoms with E-state index < -0.39 is 6.10 Å². The predicted molar refractivity (Wildman–Crippen MR) is 343 cm³/mol. The Morgan fingerprint density at radius 2 is 0.506 bits per heavy atom. The third-order valence-electron chi connectivity index (χ3n) is 12.1. The first kappa shape index (κ1) is 73.2. The smallest absolute Gasteiger partial charge is 0.306 e. The van der Waals surface area contributed by atoms with Crippen molar-refractivity contribution < 1.29 is 28.6 Å². The monoisotopic (exact) mass is 1080 g/mol. The van der Waals surface area contributed by atoms with Crippen molar-refractivity contribution in [1.29, 1.82) is 0 Å². The number of allylic oxidation sites excluding steroid dienone is 32.